The van der Waals surface area contributed by atoms with Crippen molar-refractivity contribution < 1.29 is 24.2 Å². The summed E-state index contributed by atoms with van der Waals surface area (Å²) < 4.78 is 5.18. The average Bonchev–Trinajstić information content (AvgIpc) is 2.90. The number of urea groups is 1. The van der Waals surface area contributed by atoms with Crippen LogP contribution in [0.4, 0.5) is 4.79 Å². The van der Waals surface area contributed by atoms with Crippen molar-refractivity contribution in [2.24, 2.45) is 5.73 Å². The van der Waals surface area contributed by atoms with E-state index in [9.17, 15) is 19.5 Å². The lowest BCUT2D eigenvalue weighted by Crippen LogP contribution is -2.60. The Bertz CT molecular complexity index is 447. The molecule has 2 heterocycles. The molecule has 3 unspecified atom stereocenters. The highest BCUT2D eigenvalue weighted by molar-refractivity contribution is 8.00. The van der Waals surface area contributed by atoms with E-state index in [-0.39, 0.29) is 18.5 Å². The Balaban J connectivity index is 2.22. The highest BCUT2D eigenvalue weighted by Gasteiger charge is 2.45. The minimum Gasteiger partial charge on any atom is -0.480 e. The van der Waals surface area contributed by atoms with Gasteiger partial charge in [0.05, 0.1) is 18.6 Å². The molecule has 0 saturated carbocycles. The van der Waals surface area contributed by atoms with E-state index in [1.165, 1.54) is 21.6 Å². The van der Waals surface area contributed by atoms with Crippen molar-refractivity contribution in [2.75, 3.05) is 25.5 Å². The molecule has 0 aromatic carbocycles. The fourth-order valence-corrected chi connectivity index (χ4v) is 3.88. The number of nitrogens with zero attached hydrogens (tertiary/aromatic N) is 2. The van der Waals surface area contributed by atoms with Crippen LogP contribution in [-0.4, -0.2) is 75.8 Å². The Morgan fingerprint density at radius 3 is 2.67 bits per heavy atom. The molecule has 0 aliphatic carbocycles. The van der Waals surface area contributed by atoms with Crippen LogP contribution in [0.3, 0.4) is 0 Å². The molecular formula is C12H19N3O5S. The molecule has 3 N–H and O–H groups in total. The number of hydrogen-bond donors (Lipinski definition) is 2. The topological polar surface area (TPSA) is 113 Å². The van der Waals surface area contributed by atoms with Crippen molar-refractivity contribution in [3.8, 4) is 0 Å². The summed E-state index contributed by atoms with van der Waals surface area (Å²) in [7, 11) is 0. The Morgan fingerprint density at radius 2 is 2.10 bits per heavy atom. The largest absolute Gasteiger partial charge is 0.480 e. The highest BCUT2D eigenvalue weighted by atomic mass is 32.2. The molecule has 3 amide bonds. The first-order valence-corrected chi connectivity index (χ1v) is 7.82. The summed E-state index contributed by atoms with van der Waals surface area (Å²) in [5, 5.41) is 9.08. The van der Waals surface area contributed by atoms with Gasteiger partial charge >= 0.3 is 12.0 Å². The van der Waals surface area contributed by atoms with Crippen LogP contribution in [0.1, 0.15) is 13.3 Å². The number of hydrogen-bond acceptors (Lipinski definition) is 5. The molecule has 8 nitrogen and oxygen atoms in total. The van der Waals surface area contributed by atoms with E-state index in [4.69, 9.17) is 10.5 Å². The van der Waals surface area contributed by atoms with Gasteiger partial charge in [0.15, 0.2) is 0 Å². The third kappa shape index (κ3) is 3.08. The van der Waals surface area contributed by atoms with Gasteiger partial charge in [-0.3, -0.25) is 9.69 Å². The summed E-state index contributed by atoms with van der Waals surface area (Å²) in [5.41, 5.74) is 5.30. The lowest BCUT2D eigenvalue weighted by Gasteiger charge is -2.38. The van der Waals surface area contributed by atoms with Crippen molar-refractivity contribution in [3.63, 3.8) is 0 Å². The maximum absolute atomic E-state index is 12.7. The lowest BCUT2D eigenvalue weighted by atomic mass is 10.2. The van der Waals surface area contributed by atoms with Crippen LogP contribution in [0.2, 0.25) is 0 Å². The van der Waals surface area contributed by atoms with Crippen LogP contribution in [-0.2, 0) is 14.3 Å². The van der Waals surface area contributed by atoms with Crippen LogP contribution in [0.25, 0.3) is 0 Å². The average molecular weight is 317 g/mol. The molecule has 9 heteroatoms. The fraction of sp³-hybridized carbons (Fsp3) is 0.750. The highest BCUT2D eigenvalue weighted by Crippen LogP contribution is 2.32. The molecule has 2 saturated heterocycles. The molecule has 2 aliphatic heterocycles. The van der Waals surface area contributed by atoms with E-state index in [0.29, 0.717) is 18.8 Å². The van der Waals surface area contributed by atoms with Crippen molar-refractivity contribution >= 4 is 29.7 Å². The van der Waals surface area contributed by atoms with Gasteiger partial charge in [0, 0.05) is 12.3 Å². The number of thioether (sulfide) groups is 1. The minimum atomic E-state index is -1.03. The summed E-state index contributed by atoms with van der Waals surface area (Å²) in [5.74, 6) is -1.32. The molecule has 2 aliphatic rings. The second kappa shape index (κ2) is 6.52. The van der Waals surface area contributed by atoms with Crippen LogP contribution < -0.4 is 5.73 Å². The molecule has 21 heavy (non-hydrogen) atoms. The molecule has 0 spiro atoms. The molecule has 118 valence electrons. The minimum absolute atomic E-state index is 0.0522. The zero-order chi connectivity index (χ0) is 15.6. The van der Waals surface area contributed by atoms with E-state index in [1.807, 2.05) is 6.92 Å². The Morgan fingerprint density at radius 1 is 1.38 bits per heavy atom. The standard InChI is InChI=1S/C12H19N3O5S/c1-2-9-15(8(6-21-9)11(17)18)12(19)14-3-4-20-5-7(14)10(13)16/h7-9H,2-6H2,1H3,(H2,13,16)(H,17,18). The van der Waals surface area contributed by atoms with E-state index in [0.717, 1.165) is 0 Å². The number of amides is 3. The zero-order valence-corrected chi connectivity index (χ0v) is 12.5. The van der Waals surface area contributed by atoms with Crippen molar-refractivity contribution in [1.29, 1.82) is 0 Å². The van der Waals surface area contributed by atoms with Crippen molar-refractivity contribution in [1.82, 2.24) is 9.80 Å². The maximum Gasteiger partial charge on any atom is 0.327 e. The molecule has 0 radical (unpaired) electrons. The van der Waals surface area contributed by atoms with Gasteiger partial charge in [-0.1, -0.05) is 6.92 Å². The van der Waals surface area contributed by atoms with E-state index >= 15 is 0 Å². The Labute approximate surface area is 126 Å². The van der Waals surface area contributed by atoms with Gasteiger partial charge in [0.25, 0.3) is 0 Å². The Hall–Kier alpha value is -1.48. The summed E-state index contributed by atoms with van der Waals surface area (Å²) >= 11 is 1.44. The summed E-state index contributed by atoms with van der Waals surface area (Å²) in [4.78, 5) is 38.2. The van der Waals surface area contributed by atoms with Crippen LogP contribution >= 0.6 is 11.8 Å². The number of rotatable bonds is 3. The van der Waals surface area contributed by atoms with Crippen molar-refractivity contribution in [3.05, 3.63) is 0 Å². The SMILES string of the molecule is CCC1SCC(C(=O)O)N1C(=O)N1CCOCC1C(N)=O. The van der Waals surface area contributed by atoms with E-state index < -0.39 is 30.0 Å². The number of primary amides is 1. The first-order chi connectivity index (χ1) is 9.97. The number of ether oxygens (including phenoxy) is 1. The third-order valence-corrected chi connectivity index (χ3v) is 5.10. The number of aliphatic carboxylic acids is 1. The van der Waals surface area contributed by atoms with Gasteiger partial charge in [-0.15, -0.1) is 11.8 Å². The van der Waals surface area contributed by atoms with Crippen LogP contribution in [0.5, 0.6) is 0 Å². The predicted molar refractivity (Wildman–Crippen MR) is 75.7 cm³/mol. The lowest BCUT2D eigenvalue weighted by molar-refractivity contribution is -0.141. The number of carboxylic acids is 1. The second-order valence-corrected chi connectivity index (χ2v) is 6.14. The van der Waals surface area contributed by atoms with E-state index in [2.05, 4.69) is 0 Å². The number of carboxylic acid groups (broad SMARTS) is 1. The first kappa shape index (κ1) is 15.9. The smallest absolute Gasteiger partial charge is 0.327 e. The van der Waals surface area contributed by atoms with Crippen LogP contribution in [0.15, 0.2) is 0 Å². The van der Waals surface area contributed by atoms with Gasteiger partial charge in [-0.2, -0.15) is 0 Å². The first-order valence-electron chi connectivity index (χ1n) is 6.77. The number of carbonyl (C=O) groups excluding carboxylic acids is 2. The molecule has 0 aromatic rings. The number of carbonyl (C=O) groups is 3. The van der Waals surface area contributed by atoms with Gasteiger partial charge in [-0.05, 0) is 6.42 Å². The van der Waals surface area contributed by atoms with Gasteiger partial charge in [0.2, 0.25) is 5.91 Å². The van der Waals surface area contributed by atoms with Crippen molar-refractivity contribution in [2.45, 2.75) is 30.8 Å². The summed E-state index contributed by atoms with van der Waals surface area (Å²) in [6.07, 6.45) is 0.645. The van der Waals surface area contributed by atoms with Crippen LogP contribution in [0, 0.1) is 0 Å². The molecule has 3 atom stereocenters. The summed E-state index contributed by atoms with van der Waals surface area (Å²) in [6, 6.07) is -2.17. The number of nitrogens with two attached hydrogens (primary N) is 1. The molecule has 0 bridgehead atoms. The predicted octanol–water partition coefficient (Wildman–Crippen LogP) is -0.469. The van der Waals surface area contributed by atoms with E-state index in [1.54, 1.807) is 0 Å². The molecule has 2 rings (SSSR count). The van der Waals surface area contributed by atoms with Gasteiger partial charge < -0.3 is 20.5 Å². The maximum atomic E-state index is 12.7. The second-order valence-electron chi connectivity index (χ2n) is 4.93. The van der Waals surface area contributed by atoms with Gasteiger partial charge in [0.1, 0.15) is 12.1 Å². The normalized spacial score (nSPS) is 29.5. The quantitative estimate of drug-likeness (QED) is 0.727. The number of morpholine rings is 1. The zero-order valence-electron chi connectivity index (χ0n) is 11.7. The summed E-state index contributed by atoms with van der Waals surface area (Å²) in [6.45, 7) is 2.49. The van der Waals surface area contributed by atoms with Gasteiger partial charge in [-0.25, -0.2) is 9.59 Å². The monoisotopic (exact) mass is 317 g/mol. The Kier molecular flexibility index (Phi) is 4.94. The molecular weight excluding hydrogens is 298 g/mol. The molecule has 2 fully saturated rings. The molecule has 0 aromatic heterocycles. The fourth-order valence-electron chi connectivity index (χ4n) is 2.54. The third-order valence-electron chi connectivity index (χ3n) is 3.65.